The lowest BCUT2D eigenvalue weighted by molar-refractivity contribution is -0.255. The third-order valence-corrected chi connectivity index (χ3v) is 1.40. The Morgan fingerprint density at radius 1 is 1.54 bits per heavy atom. The van der Waals surface area contributed by atoms with Gasteiger partial charge in [0.1, 0.15) is 5.75 Å². The molecule has 1 aromatic rings. The molecule has 0 aliphatic carbocycles. The predicted molar refractivity (Wildman–Crippen MR) is 43.1 cm³/mol. The number of ether oxygens (including phenoxy) is 1. The van der Waals surface area contributed by atoms with Crippen molar-refractivity contribution in [2.75, 3.05) is 0 Å². The summed E-state index contributed by atoms with van der Waals surface area (Å²) in [6.07, 6.45) is -1.04. The summed E-state index contributed by atoms with van der Waals surface area (Å²) in [5, 5.41) is 19.4. The Bertz CT molecular complexity index is 306. The highest BCUT2D eigenvalue weighted by atomic mass is 16.6. The second-order valence-corrected chi connectivity index (χ2v) is 2.50. The summed E-state index contributed by atoms with van der Waals surface area (Å²) >= 11 is 0. The maximum Gasteiger partial charge on any atom is 0.194 e. The zero-order valence-corrected chi connectivity index (χ0v) is 7.06. The summed E-state index contributed by atoms with van der Waals surface area (Å²) in [7, 11) is 0. The molecule has 1 N–H and O–H groups in total. The number of carbonyl (C=O) groups is 1. The summed E-state index contributed by atoms with van der Waals surface area (Å²) in [6, 6.07) is 5.98. The van der Waals surface area contributed by atoms with Crippen molar-refractivity contribution in [1.82, 2.24) is 0 Å². The van der Waals surface area contributed by atoms with Crippen molar-refractivity contribution in [1.29, 1.82) is 0 Å². The lowest BCUT2D eigenvalue weighted by Gasteiger charge is -2.13. The summed E-state index contributed by atoms with van der Waals surface area (Å²) < 4.78 is 4.84. The minimum atomic E-state index is -1.32. The molecule has 0 saturated carbocycles. The Labute approximate surface area is 75.4 Å². The summed E-state index contributed by atoms with van der Waals surface area (Å²) in [6.45, 7) is 1.39. The van der Waals surface area contributed by atoms with Crippen molar-refractivity contribution < 1.29 is 19.7 Å². The van der Waals surface area contributed by atoms with Gasteiger partial charge < -0.3 is 19.7 Å². The zero-order valence-electron chi connectivity index (χ0n) is 7.06. The third kappa shape index (κ3) is 2.45. The van der Waals surface area contributed by atoms with Crippen LogP contribution >= 0.6 is 0 Å². The molecule has 0 aliphatic heterocycles. The Morgan fingerprint density at radius 2 is 2.15 bits per heavy atom. The second kappa shape index (κ2) is 3.91. The molecule has 4 heteroatoms. The van der Waals surface area contributed by atoms with Gasteiger partial charge in [-0.1, -0.05) is 12.1 Å². The number of carboxylic acids is 1. The first-order chi connectivity index (χ1) is 6.11. The van der Waals surface area contributed by atoms with E-state index in [1.54, 1.807) is 12.1 Å². The van der Waals surface area contributed by atoms with Crippen LogP contribution in [0.5, 0.6) is 5.75 Å². The molecular weight excluding hydrogens is 172 g/mol. The van der Waals surface area contributed by atoms with Crippen molar-refractivity contribution in [2.24, 2.45) is 0 Å². The largest absolute Gasteiger partial charge is 0.545 e. The average molecular weight is 181 g/mol. The smallest absolute Gasteiger partial charge is 0.194 e. The van der Waals surface area contributed by atoms with Gasteiger partial charge in [0.25, 0.3) is 0 Å². The summed E-state index contributed by atoms with van der Waals surface area (Å²) in [5.74, 6) is -1.21. The van der Waals surface area contributed by atoms with Gasteiger partial charge in [0.05, 0.1) is 5.97 Å². The normalized spacial score (nSPS) is 12.2. The molecule has 0 fully saturated rings. The van der Waals surface area contributed by atoms with Gasteiger partial charge in [-0.2, -0.15) is 0 Å². The van der Waals surface area contributed by atoms with E-state index >= 15 is 0 Å². The highest BCUT2D eigenvalue weighted by molar-refractivity contribution is 5.89. The second-order valence-electron chi connectivity index (χ2n) is 2.50. The van der Waals surface area contributed by atoms with Crippen LogP contribution in [0.25, 0.3) is 0 Å². The van der Waals surface area contributed by atoms with Gasteiger partial charge in [-0.3, -0.25) is 0 Å². The number of benzene rings is 1. The number of hydrogen-bond donors (Lipinski definition) is 1. The molecule has 1 unspecified atom stereocenters. The minimum absolute atomic E-state index is 0.0663. The summed E-state index contributed by atoms with van der Waals surface area (Å²) in [4.78, 5) is 10.5. The minimum Gasteiger partial charge on any atom is -0.545 e. The fourth-order valence-electron chi connectivity index (χ4n) is 0.922. The molecule has 0 heterocycles. The molecule has 1 aromatic carbocycles. The number of aromatic carboxylic acids is 1. The number of aliphatic hydroxyl groups is 1. The van der Waals surface area contributed by atoms with Crippen molar-refractivity contribution in [2.45, 2.75) is 13.2 Å². The number of rotatable bonds is 3. The van der Waals surface area contributed by atoms with E-state index in [1.165, 1.54) is 19.1 Å². The molecular formula is C9H9O4-. The first kappa shape index (κ1) is 9.54. The maximum atomic E-state index is 10.5. The molecule has 13 heavy (non-hydrogen) atoms. The number of hydrogen-bond acceptors (Lipinski definition) is 4. The Kier molecular flexibility index (Phi) is 2.87. The van der Waals surface area contributed by atoms with Crippen molar-refractivity contribution in [3.05, 3.63) is 29.8 Å². The van der Waals surface area contributed by atoms with Crippen molar-refractivity contribution in [3.63, 3.8) is 0 Å². The number of para-hydroxylation sites is 1. The molecule has 0 aromatic heterocycles. The van der Waals surface area contributed by atoms with Crippen LogP contribution in [0.2, 0.25) is 0 Å². The Morgan fingerprint density at radius 3 is 2.69 bits per heavy atom. The van der Waals surface area contributed by atoms with Crippen LogP contribution in [0, 0.1) is 0 Å². The first-order valence-corrected chi connectivity index (χ1v) is 3.76. The van der Waals surface area contributed by atoms with Crippen molar-refractivity contribution >= 4 is 5.97 Å². The van der Waals surface area contributed by atoms with Gasteiger partial charge in [-0.15, -0.1) is 0 Å². The van der Waals surface area contributed by atoms with E-state index < -0.39 is 12.3 Å². The zero-order chi connectivity index (χ0) is 9.84. The van der Waals surface area contributed by atoms with Crippen LogP contribution in [0.4, 0.5) is 0 Å². The van der Waals surface area contributed by atoms with E-state index in [1.807, 2.05) is 0 Å². The quantitative estimate of drug-likeness (QED) is 0.654. The molecule has 1 atom stereocenters. The fraction of sp³-hybridized carbons (Fsp3) is 0.222. The third-order valence-electron chi connectivity index (χ3n) is 1.40. The van der Waals surface area contributed by atoms with Gasteiger partial charge in [-0.25, -0.2) is 0 Å². The monoisotopic (exact) mass is 181 g/mol. The topological polar surface area (TPSA) is 69.6 Å². The van der Waals surface area contributed by atoms with Gasteiger partial charge >= 0.3 is 0 Å². The molecule has 1 rings (SSSR count). The molecule has 0 amide bonds. The predicted octanol–water partition coefficient (Wildman–Crippen LogP) is -0.233. The number of aliphatic hydroxyl groups excluding tert-OH is 1. The van der Waals surface area contributed by atoms with E-state index in [9.17, 15) is 9.90 Å². The van der Waals surface area contributed by atoms with Crippen LogP contribution in [0.15, 0.2) is 24.3 Å². The van der Waals surface area contributed by atoms with E-state index in [4.69, 9.17) is 9.84 Å². The van der Waals surface area contributed by atoms with E-state index in [0.29, 0.717) is 0 Å². The standard InChI is InChI=1S/C9H10O4/c1-6(10)13-8-5-3-2-4-7(8)9(11)12/h2-6,10H,1H3,(H,11,12)/p-1. The molecule has 0 bridgehead atoms. The first-order valence-electron chi connectivity index (χ1n) is 3.76. The highest BCUT2D eigenvalue weighted by Crippen LogP contribution is 2.17. The van der Waals surface area contributed by atoms with Gasteiger partial charge in [0, 0.05) is 5.56 Å². The molecule has 0 spiro atoms. The van der Waals surface area contributed by atoms with Crippen LogP contribution in [0.3, 0.4) is 0 Å². The molecule has 0 saturated heterocycles. The van der Waals surface area contributed by atoms with Crippen LogP contribution in [-0.4, -0.2) is 17.4 Å². The van der Waals surface area contributed by atoms with E-state index in [0.717, 1.165) is 0 Å². The van der Waals surface area contributed by atoms with Crippen LogP contribution in [0.1, 0.15) is 17.3 Å². The van der Waals surface area contributed by atoms with E-state index in [2.05, 4.69) is 0 Å². The Balaban J connectivity index is 2.98. The lowest BCUT2D eigenvalue weighted by atomic mass is 10.2. The Hall–Kier alpha value is -1.55. The number of carbonyl (C=O) groups excluding carboxylic acids is 1. The fourth-order valence-corrected chi connectivity index (χ4v) is 0.922. The maximum absolute atomic E-state index is 10.5. The highest BCUT2D eigenvalue weighted by Gasteiger charge is 2.05. The average Bonchev–Trinajstić information content (AvgIpc) is 2.03. The van der Waals surface area contributed by atoms with Crippen LogP contribution in [-0.2, 0) is 0 Å². The molecule has 0 aliphatic rings. The van der Waals surface area contributed by atoms with Crippen molar-refractivity contribution in [3.8, 4) is 5.75 Å². The molecule has 0 radical (unpaired) electrons. The lowest BCUT2D eigenvalue weighted by Crippen LogP contribution is -2.24. The molecule has 4 nitrogen and oxygen atoms in total. The van der Waals surface area contributed by atoms with Gasteiger partial charge in [0.2, 0.25) is 0 Å². The summed E-state index contributed by atoms with van der Waals surface area (Å²) in [5.41, 5.74) is -0.0663. The number of carboxylic acid groups (broad SMARTS) is 1. The van der Waals surface area contributed by atoms with Gasteiger partial charge in [0.15, 0.2) is 6.29 Å². The van der Waals surface area contributed by atoms with E-state index in [-0.39, 0.29) is 11.3 Å². The molecule has 70 valence electrons. The SMILES string of the molecule is CC(O)Oc1ccccc1C(=O)[O-]. The van der Waals surface area contributed by atoms with Gasteiger partial charge in [-0.05, 0) is 19.1 Å². The van der Waals surface area contributed by atoms with Crippen LogP contribution < -0.4 is 9.84 Å².